The summed E-state index contributed by atoms with van der Waals surface area (Å²) in [5.74, 6) is -1.12. The number of benzene rings is 1. The van der Waals surface area contributed by atoms with E-state index in [0.29, 0.717) is 5.92 Å². The Bertz CT molecular complexity index is 740. The van der Waals surface area contributed by atoms with Crippen molar-refractivity contribution in [3.05, 3.63) is 52.2 Å². The van der Waals surface area contributed by atoms with Crippen molar-refractivity contribution in [2.45, 2.75) is 18.3 Å². The van der Waals surface area contributed by atoms with Crippen LogP contribution in [0.25, 0.3) is 0 Å². The van der Waals surface area contributed by atoms with Crippen LogP contribution < -0.4 is 4.90 Å². The van der Waals surface area contributed by atoms with Crippen LogP contribution in [0.1, 0.15) is 29.4 Å². The molecule has 1 aliphatic heterocycles. The highest BCUT2D eigenvalue weighted by Crippen LogP contribution is 2.50. The average molecular weight is 313 g/mol. The van der Waals surface area contributed by atoms with Crippen molar-refractivity contribution in [1.82, 2.24) is 0 Å². The molecular weight excluding hydrogens is 298 g/mol. The van der Waals surface area contributed by atoms with Gasteiger partial charge >= 0.3 is 5.97 Å². The number of hydrogen-bond acceptors (Lipinski definition) is 3. The van der Waals surface area contributed by atoms with Gasteiger partial charge in [-0.2, -0.15) is 11.3 Å². The van der Waals surface area contributed by atoms with Gasteiger partial charge in [-0.3, -0.25) is 9.59 Å². The number of anilines is 1. The summed E-state index contributed by atoms with van der Waals surface area (Å²) in [4.78, 5) is 25.9. The van der Waals surface area contributed by atoms with Crippen LogP contribution in [-0.2, 0) is 9.59 Å². The molecule has 0 saturated heterocycles. The number of para-hydroxylation sites is 1. The largest absolute Gasteiger partial charge is 0.481 e. The molecule has 1 saturated carbocycles. The van der Waals surface area contributed by atoms with Crippen LogP contribution in [0.15, 0.2) is 41.1 Å². The van der Waals surface area contributed by atoms with E-state index in [4.69, 9.17) is 0 Å². The fraction of sp³-hybridized carbons (Fsp3) is 0.294. The van der Waals surface area contributed by atoms with Crippen molar-refractivity contribution in [3.63, 3.8) is 0 Å². The summed E-state index contributed by atoms with van der Waals surface area (Å²) >= 11 is 1.64. The normalized spacial score (nSPS) is 25.8. The van der Waals surface area contributed by atoms with E-state index >= 15 is 0 Å². The summed E-state index contributed by atoms with van der Waals surface area (Å²) in [6.07, 6.45) is 0.867. The van der Waals surface area contributed by atoms with E-state index in [1.165, 1.54) is 5.56 Å². The predicted molar refractivity (Wildman–Crippen MR) is 84.3 cm³/mol. The van der Waals surface area contributed by atoms with Gasteiger partial charge in [0.15, 0.2) is 0 Å². The van der Waals surface area contributed by atoms with Crippen LogP contribution in [-0.4, -0.2) is 23.5 Å². The molecule has 2 heterocycles. The molecule has 4 rings (SSSR count). The maximum absolute atomic E-state index is 12.8. The van der Waals surface area contributed by atoms with Gasteiger partial charge in [-0.15, -0.1) is 0 Å². The highest BCUT2D eigenvalue weighted by atomic mass is 32.1. The zero-order chi connectivity index (χ0) is 15.3. The molecule has 1 aliphatic carbocycles. The lowest BCUT2D eigenvalue weighted by Crippen LogP contribution is -2.32. The van der Waals surface area contributed by atoms with E-state index in [2.05, 4.69) is 11.4 Å². The molecule has 1 N–H and O–H groups in total. The molecule has 1 aromatic heterocycles. The van der Waals surface area contributed by atoms with Gasteiger partial charge in [-0.1, -0.05) is 18.2 Å². The van der Waals surface area contributed by atoms with Gasteiger partial charge in [0.2, 0.25) is 5.91 Å². The van der Waals surface area contributed by atoms with Gasteiger partial charge in [-0.25, -0.2) is 0 Å². The Labute approximate surface area is 132 Å². The molecule has 0 radical (unpaired) electrons. The van der Waals surface area contributed by atoms with Crippen molar-refractivity contribution in [1.29, 1.82) is 0 Å². The smallest absolute Gasteiger partial charge is 0.312 e. The Kier molecular flexibility index (Phi) is 3.04. The van der Waals surface area contributed by atoms with Gasteiger partial charge < -0.3 is 10.0 Å². The first-order valence-corrected chi connectivity index (χ1v) is 8.26. The fourth-order valence-corrected chi connectivity index (χ4v) is 4.07. The van der Waals surface area contributed by atoms with E-state index < -0.39 is 11.9 Å². The van der Waals surface area contributed by atoms with E-state index in [9.17, 15) is 14.7 Å². The SMILES string of the molecule is O=C(O)C1CN(C(=O)[C@@H]2C[C@H]2c2ccsc2)c2ccccc21. The molecule has 1 fully saturated rings. The van der Waals surface area contributed by atoms with Crippen molar-refractivity contribution >= 4 is 28.9 Å². The van der Waals surface area contributed by atoms with Crippen LogP contribution in [0.5, 0.6) is 0 Å². The fourth-order valence-electron chi connectivity index (χ4n) is 3.35. The molecular formula is C17H15NO3S. The van der Waals surface area contributed by atoms with Crippen LogP contribution in [0.4, 0.5) is 5.69 Å². The molecule has 5 heteroatoms. The minimum Gasteiger partial charge on any atom is -0.481 e. The Hall–Kier alpha value is -2.14. The molecule has 2 aliphatic rings. The Morgan fingerprint density at radius 3 is 2.77 bits per heavy atom. The van der Waals surface area contributed by atoms with Gasteiger partial charge in [0.1, 0.15) is 5.92 Å². The summed E-state index contributed by atoms with van der Waals surface area (Å²) in [5.41, 5.74) is 2.73. The molecule has 0 bridgehead atoms. The molecule has 1 aromatic carbocycles. The third kappa shape index (κ3) is 2.04. The zero-order valence-corrected chi connectivity index (χ0v) is 12.6. The first kappa shape index (κ1) is 13.5. The summed E-state index contributed by atoms with van der Waals surface area (Å²) in [6.45, 7) is 0.250. The lowest BCUT2D eigenvalue weighted by molar-refractivity contribution is -0.138. The topological polar surface area (TPSA) is 57.6 Å². The lowest BCUT2D eigenvalue weighted by Gasteiger charge is -2.17. The number of aliphatic carboxylic acids is 1. The van der Waals surface area contributed by atoms with Gasteiger partial charge in [0, 0.05) is 18.2 Å². The van der Waals surface area contributed by atoms with E-state index in [0.717, 1.165) is 17.7 Å². The second-order valence-corrected chi connectivity index (χ2v) is 6.68. The van der Waals surface area contributed by atoms with Crippen LogP contribution in [0.3, 0.4) is 0 Å². The summed E-state index contributed by atoms with van der Waals surface area (Å²) in [5, 5.41) is 13.5. The molecule has 4 nitrogen and oxygen atoms in total. The number of carboxylic acid groups (broad SMARTS) is 1. The summed E-state index contributed by atoms with van der Waals surface area (Å²) < 4.78 is 0. The Balaban J connectivity index is 1.59. The quantitative estimate of drug-likeness (QED) is 0.947. The summed E-state index contributed by atoms with van der Waals surface area (Å²) in [6, 6.07) is 9.41. The first-order valence-electron chi connectivity index (χ1n) is 7.32. The lowest BCUT2D eigenvalue weighted by atomic mass is 10.0. The van der Waals surface area contributed by atoms with Gasteiger partial charge in [-0.05, 0) is 46.4 Å². The van der Waals surface area contributed by atoms with Crippen LogP contribution in [0, 0.1) is 5.92 Å². The van der Waals surface area contributed by atoms with Crippen molar-refractivity contribution < 1.29 is 14.7 Å². The number of nitrogens with zero attached hydrogens (tertiary/aromatic N) is 1. The Morgan fingerprint density at radius 2 is 2.05 bits per heavy atom. The third-order valence-corrected chi connectivity index (χ3v) is 5.31. The number of hydrogen-bond donors (Lipinski definition) is 1. The maximum Gasteiger partial charge on any atom is 0.312 e. The van der Waals surface area contributed by atoms with Crippen LogP contribution in [0.2, 0.25) is 0 Å². The second kappa shape index (κ2) is 4.95. The highest BCUT2D eigenvalue weighted by Gasteiger charge is 2.48. The molecule has 0 spiro atoms. The monoisotopic (exact) mass is 313 g/mol. The molecule has 1 amide bonds. The number of carbonyl (C=O) groups is 2. The summed E-state index contributed by atoms with van der Waals surface area (Å²) in [7, 11) is 0. The second-order valence-electron chi connectivity index (χ2n) is 5.90. The van der Waals surface area contributed by atoms with Gasteiger partial charge in [0.05, 0.1) is 0 Å². The number of amides is 1. The first-order chi connectivity index (χ1) is 10.7. The highest BCUT2D eigenvalue weighted by molar-refractivity contribution is 7.08. The minimum atomic E-state index is -0.868. The average Bonchev–Trinajstić information content (AvgIpc) is 2.98. The number of thiophene rings is 1. The zero-order valence-electron chi connectivity index (χ0n) is 11.8. The van der Waals surface area contributed by atoms with Crippen LogP contribution >= 0.6 is 11.3 Å². The predicted octanol–water partition coefficient (Wildman–Crippen LogP) is 3.07. The molecule has 3 atom stereocenters. The third-order valence-electron chi connectivity index (χ3n) is 4.61. The number of carboxylic acids is 1. The van der Waals surface area contributed by atoms with Crippen molar-refractivity contribution in [2.75, 3.05) is 11.4 Å². The van der Waals surface area contributed by atoms with Crippen molar-refractivity contribution in [3.8, 4) is 0 Å². The Morgan fingerprint density at radius 1 is 1.23 bits per heavy atom. The van der Waals surface area contributed by atoms with Crippen molar-refractivity contribution in [2.24, 2.45) is 5.92 Å². The maximum atomic E-state index is 12.8. The molecule has 1 unspecified atom stereocenters. The minimum absolute atomic E-state index is 0.00444. The number of carbonyl (C=O) groups excluding carboxylic acids is 1. The molecule has 112 valence electrons. The van der Waals surface area contributed by atoms with E-state index in [-0.39, 0.29) is 18.4 Å². The molecule has 22 heavy (non-hydrogen) atoms. The van der Waals surface area contributed by atoms with E-state index in [1.54, 1.807) is 16.2 Å². The number of rotatable bonds is 3. The van der Waals surface area contributed by atoms with Gasteiger partial charge in [0.25, 0.3) is 0 Å². The molecule has 2 aromatic rings. The number of fused-ring (bicyclic) bond motifs is 1. The standard InChI is InChI=1S/C17H15NO3S/c19-16(13-7-12(13)10-5-6-22-9-10)18-8-14(17(20)21)11-3-1-2-4-15(11)18/h1-6,9,12-14H,7-8H2,(H,20,21)/t12-,13+,14?/m0/s1. The van der Waals surface area contributed by atoms with E-state index in [1.807, 2.05) is 29.6 Å².